The van der Waals surface area contributed by atoms with Gasteiger partial charge in [0, 0.05) is 12.8 Å². The Hall–Kier alpha value is -1.66. The van der Waals surface area contributed by atoms with E-state index in [4.69, 9.17) is 4.74 Å². The number of hydrogen-bond acceptors (Lipinski definition) is 5. The number of aromatic nitrogens is 1. The first-order valence-electron chi connectivity index (χ1n) is 5.80. The SMILES string of the molecule is COCCN1C(=O)S/C(=C/c2cccc(C)n2)C1=O. The van der Waals surface area contributed by atoms with Gasteiger partial charge < -0.3 is 4.74 Å². The number of ether oxygens (including phenoxy) is 1. The first-order chi connectivity index (χ1) is 9.11. The zero-order chi connectivity index (χ0) is 13.8. The minimum absolute atomic E-state index is 0.263. The molecule has 1 aliphatic heterocycles. The molecule has 0 spiro atoms. The number of methoxy groups -OCH3 is 1. The van der Waals surface area contributed by atoms with Gasteiger partial charge in [0.15, 0.2) is 0 Å². The van der Waals surface area contributed by atoms with Crippen molar-refractivity contribution >= 4 is 29.0 Å². The standard InChI is InChI=1S/C13H14N2O3S/c1-9-4-3-5-10(14-9)8-11-12(16)15(6-7-18-2)13(17)19-11/h3-5,8H,6-7H2,1-2H3/b11-8+. The maximum Gasteiger partial charge on any atom is 0.293 e. The molecule has 0 saturated carbocycles. The van der Waals surface area contributed by atoms with E-state index in [9.17, 15) is 9.59 Å². The first-order valence-corrected chi connectivity index (χ1v) is 6.61. The Morgan fingerprint density at radius 2 is 2.21 bits per heavy atom. The molecule has 100 valence electrons. The van der Waals surface area contributed by atoms with Crippen molar-refractivity contribution in [2.24, 2.45) is 0 Å². The number of imide groups is 1. The summed E-state index contributed by atoms with van der Waals surface area (Å²) in [4.78, 5) is 29.6. The molecule has 0 bridgehead atoms. The highest BCUT2D eigenvalue weighted by atomic mass is 32.2. The van der Waals surface area contributed by atoms with Gasteiger partial charge in [-0.1, -0.05) is 6.07 Å². The summed E-state index contributed by atoms with van der Waals surface area (Å²) in [5.74, 6) is -0.282. The molecule has 1 aromatic rings. The third-order valence-electron chi connectivity index (χ3n) is 2.58. The fourth-order valence-corrected chi connectivity index (χ4v) is 2.50. The van der Waals surface area contributed by atoms with Gasteiger partial charge in [-0.15, -0.1) is 0 Å². The van der Waals surface area contributed by atoms with Crippen molar-refractivity contribution in [1.29, 1.82) is 0 Å². The van der Waals surface area contributed by atoms with Crippen LogP contribution in [0.4, 0.5) is 4.79 Å². The number of carbonyl (C=O) groups is 2. The molecule has 0 atom stereocenters. The first kappa shape index (κ1) is 13.8. The molecule has 2 heterocycles. The van der Waals surface area contributed by atoms with E-state index in [0.717, 1.165) is 17.5 Å². The highest BCUT2D eigenvalue weighted by Gasteiger charge is 2.34. The lowest BCUT2D eigenvalue weighted by atomic mass is 10.3. The van der Waals surface area contributed by atoms with Gasteiger partial charge in [-0.3, -0.25) is 19.5 Å². The predicted molar refractivity (Wildman–Crippen MR) is 73.5 cm³/mol. The van der Waals surface area contributed by atoms with E-state index in [0.29, 0.717) is 17.2 Å². The van der Waals surface area contributed by atoms with E-state index in [1.165, 1.54) is 12.0 Å². The second-order valence-corrected chi connectivity index (χ2v) is 5.02. The van der Waals surface area contributed by atoms with Crippen LogP contribution in [-0.4, -0.2) is 41.3 Å². The molecule has 2 amide bonds. The average Bonchev–Trinajstić information content (AvgIpc) is 2.62. The molecule has 0 N–H and O–H groups in total. The van der Waals surface area contributed by atoms with Crippen molar-refractivity contribution in [3.63, 3.8) is 0 Å². The Bertz CT molecular complexity index is 542. The molecular formula is C13H14N2O3S. The number of rotatable bonds is 4. The van der Waals surface area contributed by atoms with E-state index >= 15 is 0 Å². The number of hydrogen-bond donors (Lipinski definition) is 0. The van der Waals surface area contributed by atoms with Gasteiger partial charge in [0.2, 0.25) is 0 Å². The number of amides is 2. The van der Waals surface area contributed by atoms with Crippen LogP contribution in [0.1, 0.15) is 11.4 Å². The summed E-state index contributed by atoms with van der Waals surface area (Å²) < 4.78 is 4.88. The second-order valence-electron chi connectivity index (χ2n) is 4.03. The van der Waals surface area contributed by atoms with Gasteiger partial charge in [-0.25, -0.2) is 0 Å². The fraction of sp³-hybridized carbons (Fsp3) is 0.308. The number of pyridine rings is 1. The summed E-state index contributed by atoms with van der Waals surface area (Å²) in [6.45, 7) is 2.50. The van der Waals surface area contributed by atoms with Crippen molar-refractivity contribution < 1.29 is 14.3 Å². The molecule has 2 rings (SSSR count). The summed E-state index contributed by atoms with van der Waals surface area (Å²) >= 11 is 0.936. The van der Waals surface area contributed by atoms with Crippen LogP contribution in [-0.2, 0) is 9.53 Å². The van der Waals surface area contributed by atoms with Crippen LogP contribution in [0.5, 0.6) is 0 Å². The third-order valence-corrected chi connectivity index (χ3v) is 3.49. The largest absolute Gasteiger partial charge is 0.383 e. The van der Waals surface area contributed by atoms with Gasteiger partial charge in [0.25, 0.3) is 11.1 Å². The smallest absolute Gasteiger partial charge is 0.293 e. The molecule has 1 fully saturated rings. The third kappa shape index (κ3) is 3.21. The van der Waals surface area contributed by atoms with Crippen LogP contribution in [0.25, 0.3) is 6.08 Å². The molecule has 0 radical (unpaired) electrons. The summed E-state index contributed by atoms with van der Waals surface area (Å²) in [5, 5.41) is -0.263. The minimum Gasteiger partial charge on any atom is -0.383 e. The monoisotopic (exact) mass is 278 g/mol. The van der Waals surface area contributed by atoms with Crippen molar-refractivity contribution in [2.45, 2.75) is 6.92 Å². The molecule has 1 saturated heterocycles. The minimum atomic E-state index is -0.282. The summed E-state index contributed by atoms with van der Waals surface area (Å²) in [6.07, 6.45) is 1.64. The molecule has 1 aliphatic rings. The van der Waals surface area contributed by atoms with Gasteiger partial charge >= 0.3 is 0 Å². The lowest BCUT2D eigenvalue weighted by Crippen LogP contribution is -2.31. The normalized spacial score (nSPS) is 17.6. The second kappa shape index (κ2) is 5.99. The molecule has 19 heavy (non-hydrogen) atoms. The van der Waals surface area contributed by atoms with Crippen LogP contribution in [0.2, 0.25) is 0 Å². The van der Waals surface area contributed by atoms with Crippen molar-refractivity contribution in [3.05, 3.63) is 34.5 Å². The van der Waals surface area contributed by atoms with Crippen LogP contribution in [0, 0.1) is 6.92 Å². The zero-order valence-electron chi connectivity index (χ0n) is 10.8. The Balaban J connectivity index is 2.18. The van der Waals surface area contributed by atoms with E-state index in [1.807, 2.05) is 19.1 Å². The van der Waals surface area contributed by atoms with Crippen LogP contribution < -0.4 is 0 Å². The van der Waals surface area contributed by atoms with Crippen LogP contribution in [0.3, 0.4) is 0 Å². The number of carbonyl (C=O) groups excluding carboxylic acids is 2. The molecule has 0 unspecified atom stereocenters. The lowest BCUT2D eigenvalue weighted by Gasteiger charge is -2.10. The zero-order valence-corrected chi connectivity index (χ0v) is 11.6. The van der Waals surface area contributed by atoms with Crippen molar-refractivity contribution in [3.8, 4) is 0 Å². The fourth-order valence-electron chi connectivity index (χ4n) is 1.65. The van der Waals surface area contributed by atoms with E-state index in [-0.39, 0.29) is 17.7 Å². The molecule has 0 aliphatic carbocycles. The van der Waals surface area contributed by atoms with Gasteiger partial charge in [-0.2, -0.15) is 0 Å². The van der Waals surface area contributed by atoms with E-state index in [2.05, 4.69) is 4.98 Å². The maximum absolute atomic E-state index is 12.0. The topological polar surface area (TPSA) is 59.5 Å². The Morgan fingerprint density at radius 3 is 2.89 bits per heavy atom. The average molecular weight is 278 g/mol. The quantitative estimate of drug-likeness (QED) is 0.789. The van der Waals surface area contributed by atoms with Crippen molar-refractivity contribution in [1.82, 2.24) is 9.88 Å². The van der Waals surface area contributed by atoms with Gasteiger partial charge in [0.05, 0.1) is 23.8 Å². The molecule has 6 heteroatoms. The highest BCUT2D eigenvalue weighted by Crippen LogP contribution is 2.31. The van der Waals surface area contributed by atoms with E-state index < -0.39 is 0 Å². The maximum atomic E-state index is 12.0. The Morgan fingerprint density at radius 1 is 1.42 bits per heavy atom. The van der Waals surface area contributed by atoms with E-state index in [1.54, 1.807) is 12.1 Å². The summed E-state index contributed by atoms with van der Waals surface area (Å²) in [5.41, 5.74) is 1.55. The lowest BCUT2D eigenvalue weighted by molar-refractivity contribution is -0.123. The highest BCUT2D eigenvalue weighted by molar-refractivity contribution is 8.18. The summed E-state index contributed by atoms with van der Waals surface area (Å²) in [6, 6.07) is 5.54. The Kier molecular flexibility index (Phi) is 4.34. The number of thioether (sulfide) groups is 1. The van der Waals surface area contributed by atoms with Gasteiger partial charge in [-0.05, 0) is 36.9 Å². The molecule has 1 aromatic heterocycles. The molecular weight excluding hydrogens is 264 g/mol. The summed E-state index contributed by atoms with van der Waals surface area (Å²) in [7, 11) is 1.53. The number of nitrogens with zero attached hydrogens (tertiary/aromatic N) is 2. The Labute approximate surface area is 115 Å². The molecule has 5 nitrogen and oxygen atoms in total. The van der Waals surface area contributed by atoms with Crippen LogP contribution >= 0.6 is 11.8 Å². The predicted octanol–water partition coefficient (Wildman–Crippen LogP) is 2.07. The van der Waals surface area contributed by atoms with Crippen LogP contribution in [0.15, 0.2) is 23.1 Å². The van der Waals surface area contributed by atoms with Crippen molar-refractivity contribution in [2.75, 3.05) is 20.3 Å². The molecule has 0 aromatic carbocycles. The number of aryl methyl sites for hydroxylation is 1. The van der Waals surface area contributed by atoms with Gasteiger partial charge in [0.1, 0.15) is 0 Å².